The molecule has 4 saturated carbocycles. The standard InChI is InChI=1S/C17H29N3O.2ClH/c1-12(20-4-2-18-3-5-20)16(21)19-17-9-13-6-14(10-17)8-15(7-13)11-17;;/h12-15,18H,2-11H2,1H3,(H,19,21);2*1H. The Morgan fingerprint density at radius 3 is 2.00 bits per heavy atom. The van der Waals surface area contributed by atoms with Gasteiger partial charge in [-0.05, 0) is 63.2 Å². The molecular weight excluding hydrogens is 333 g/mol. The average molecular weight is 364 g/mol. The van der Waals surface area contributed by atoms with Crippen LogP contribution in [-0.2, 0) is 4.79 Å². The van der Waals surface area contributed by atoms with Gasteiger partial charge in [-0.15, -0.1) is 24.8 Å². The maximum Gasteiger partial charge on any atom is 0.237 e. The lowest BCUT2D eigenvalue weighted by atomic mass is 9.53. The third-order valence-electron chi connectivity index (χ3n) is 6.51. The minimum Gasteiger partial charge on any atom is -0.349 e. The van der Waals surface area contributed by atoms with Gasteiger partial charge in [-0.3, -0.25) is 9.69 Å². The molecule has 4 nitrogen and oxygen atoms in total. The molecule has 4 bridgehead atoms. The zero-order valence-electron chi connectivity index (χ0n) is 14.1. The van der Waals surface area contributed by atoms with Crippen molar-refractivity contribution in [1.82, 2.24) is 15.5 Å². The predicted molar refractivity (Wildman–Crippen MR) is 97.4 cm³/mol. The van der Waals surface area contributed by atoms with E-state index in [9.17, 15) is 4.79 Å². The normalized spacial score (nSPS) is 40.0. The first-order valence-corrected chi connectivity index (χ1v) is 8.90. The highest BCUT2D eigenvalue weighted by atomic mass is 35.5. The summed E-state index contributed by atoms with van der Waals surface area (Å²) in [7, 11) is 0. The van der Waals surface area contributed by atoms with E-state index in [2.05, 4.69) is 22.5 Å². The Bertz CT molecular complexity index is 391. The van der Waals surface area contributed by atoms with Gasteiger partial charge in [0.25, 0.3) is 0 Å². The number of halogens is 2. The molecule has 6 heteroatoms. The molecule has 23 heavy (non-hydrogen) atoms. The Balaban J connectivity index is 0.000000960. The quantitative estimate of drug-likeness (QED) is 0.807. The Morgan fingerprint density at radius 1 is 1.04 bits per heavy atom. The second-order valence-electron chi connectivity index (χ2n) is 8.15. The fraction of sp³-hybridized carbons (Fsp3) is 0.941. The molecule has 1 amide bonds. The lowest BCUT2D eigenvalue weighted by Crippen LogP contribution is -2.63. The maximum atomic E-state index is 12.8. The highest BCUT2D eigenvalue weighted by molar-refractivity contribution is 5.85. The highest BCUT2D eigenvalue weighted by Crippen LogP contribution is 2.55. The second kappa shape index (κ2) is 7.47. The van der Waals surface area contributed by atoms with Gasteiger partial charge in [0.2, 0.25) is 5.91 Å². The van der Waals surface area contributed by atoms with Gasteiger partial charge in [0.05, 0.1) is 6.04 Å². The fourth-order valence-electron chi connectivity index (χ4n) is 5.86. The molecule has 134 valence electrons. The molecule has 5 fully saturated rings. The van der Waals surface area contributed by atoms with Crippen molar-refractivity contribution in [3.05, 3.63) is 0 Å². The lowest BCUT2D eigenvalue weighted by Gasteiger charge is -2.57. The summed E-state index contributed by atoms with van der Waals surface area (Å²) in [4.78, 5) is 15.1. The van der Waals surface area contributed by atoms with Crippen LogP contribution < -0.4 is 10.6 Å². The van der Waals surface area contributed by atoms with E-state index in [1.54, 1.807) is 0 Å². The van der Waals surface area contributed by atoms with Crippen LogP contribution in [0, 0.1) is 17.8 Å². The van der Waals surface area contributed by atoms with Crippen LogP contribution in [0.25, 0.3) is 0 Å². The molecular formula is C17H31Cl2N3O. The largest absolute Gasteiger partial charge is 0.349 e. The zero-order chi connectivity index (χ0) is 14.4. The van der Waals surface area contributed by atoms with E-state index in [1.165, 1.54) is 38.5 Å². The van der Waals surface area contributed by atoms with Crippen LogP contribution in [0.5, 0.6) is 0 Å². The Hall–Kier alpha value is -0.0300. The molecule has 1 unspecified atom stereocenters. The summed E-state index contributed by atoms with van der Waals surface area (Å²) in [5, 5.41) is 6.88. The molecule has 5 rings (SSSR count). The smallest absolute Gasteiger partial charge is 0.237 e. The van der Waals surface area contributed by atoms with Gasteiger partial charge in [-0.25, -0.2) is 0 Å². The number of piperazine rings is 1. The monoisotopic (exact) mass is 363 g/mol. The molecule has 0 aromatic heterocycles. The first-order chi connectivity index (χ1) is 10.1. The minimum atomic E-state index is 0. The molecule has 0 aromatic carbocycles. The molecule has 1 heterocycles. The molecule has 4 aliphatic carbocycles. The van der Waals surface area contributed by atoms with E-state index in [4.69, 9.17) is 0 Å². The van der Waals surface area contributed by atoms with Gasteiger partial charge in [0.1, 0.15) is 0 Å². The number of hydrogen-bond donors (Lipinski definition) is 2. The molecule has 0 radical (unpaired) electrons. The second-order valence-corrected chi connectivity index (χ2v) is 8.15. The summed E-state index contributed by atoms with van der Waals surface area (Å²) in [6.07, 6.45) is 8.05. The average Bonchev–Trinajstić information content (AvgIpc) is 2.45. The SMILES string of the molecule is CC(C(=O)NC12CC3CC(CC(C3)C1)C2)N1CCNCC1.Cl.Cl. The van der Waals surface area contributed by atoms with Gasteiger partial charge < -0.3 is 10.6 Å². The van der Waals surface area contributed by atoms with E-state index in [1.807, 2.05) is 0 Å². The Labute approximate surface area is 152 Å². The fourth-order valence-corrected chi connectivity index (χ4v) is 5.86. The van der Waals surface area contributed by atoms with Crippen LogP contribution in [-0.4, -0.2) is 48.6 Å². The summed E-state index contributed by atoms with van der Waals surface area (Å²) in [6, 6.07) is 0.0279. The summed E-state index contributed by atoms with van der Waals surface area (Å²) >= 11 is 0. The van der Waals surface area contributed by atoms with Gasteiger partial charge in [0.15, 0.2) is 0 Å². The lowest BCUT2D eigenvalue weighted by molar-refractivity contribution is -0.131. The topological polar surface area (TPSA) is 44.4 Å². The number of amides is 1. The third-order valence-corrected chi connectivity index (χ3v) is 6.51. The van der Waals surface area contributed by atoms with Crippen molar-refractivity contribution < 1.29 is 4.79 Å². The number of nitrogens with zero attached hydrogens (tertiary/aromatic N) is 1. The van der Waals surface area contributed by atoms with E-state index in [0.717, 1.165) is 43.9 Å². The molecule has 5 aliphatic rings. The molecule has 0 aromatic rings. The summed E-state index contributed by atoms with van der Waals surface area (Å²) in [5.41, 5.74) is 0.161. The van der Waals surface area contributed by atoms with E-state index in [0.29, 0.717) is 0 Å². The van der Waals surface area contributed by atoms with Crippen LogP contribution >= 0.6 is 24.8 Å². The van der Waals surface area contributed by atoms with Crippen molar-refractivity contribution in [2.75, 3.05) is 26.2 Å². The molecule has 1 saturated heterocycles. The predicted octanol–water partition coefficient (Wildman–Crippen LogP) is 2.21. The first-order valence-electron chi connectivity index (χ1n) is 8.90. The number of hydrogen-bond acceptors (Lipinski definition) is 3. The van der Waals surface area contributed by atoms with Gasteiger partial charge in [-0.1, -0.05) is 0 Å². The summed E-state index contributed by atoms with van der Waals surface area (Å²) in [6.45, 7) is 6.09. The van der Waals surface area contributed by atoms with Crippen LogP contribution in [0.15, 0.2) is 0 Å². The van der Waals surface area contributed by atoms with Gasteiger partial charge >= 0.3 is 0 Å². The molecule has 0 spiro atoms. The van der Waals surface area contributed by atoms with Crippen LogP contribution in [0.2, 0.25) is 0 Å². The Kier molecular flexibility index (Phi) is 6.26. The van der Waals surface area contributed by atoms with Crippen molar-refractivity contribution in [3.63, 3.8) is 0 Å². The Morgan fingerprint density at radius 2 is 1.52 bits per heavy atom. The van der Waals surface area contributed by atoms with Crippen LogP contribution in [0.1, 0.15) is 45.4 Å². The maximum absolute atomic E-state index is 12.8. The van der Waals surface area contributed by atoms with E-state index < -0.39 is 0 Å². The third kappa shape index (κ3) is 3.81. The van der Waals surface area contributed by atoms with Crippen molar-refractivity contribution in [2.24, 2.45) is 17.8 Å². The number of carbonyl (C=O) groups is 1. The van der Waals surface area contributed by atoms with E-state index >= 15 is 0 Å². The number of carbonyl (C=O) groups excluding carboxylic acids is 1. The first kappa shape index (κ1) is 19.3. The van der Waals surface area contributed by atoms with Crippen LogP contribution in [0.4, 0.5) is 0 Å². The van der Waals surface area contributed by atoms with Crippen LogP contribution in [0.3, 0.4) is 0 Å². The van der Waals surface area contributed by atoms with Gasteiger partial charge in [0, 0.05) is 31.7 Å². The summed E-state index contributed by atoms with van der Waals surface area (Å²) < 4.78 is 0. The van der Waals surface area contributed by atoms with Crippen molar-refractivity contribution in [2.45, 2.75) is 57.0 Å². The number of nitrogens with one attached hydrogen (secondary N) is 2. The van der Waals surface area contributed by atoms with E-state index in [-0.39, 0.29) is 42.3 Å². The summed E-state index contributed by atoms with van der Waals surface area (Å²) in [5.74, 6) is 2.96. The van der Waals surface area contributed by atoms with Crippen molar-refractivity contribution in [1.29, 1.82) is 0 Å². The molecule has 1 atom stereocenters. The molecule has 2 N–H and O–H groups in total. The van der Waals surface area contributed by atoms with Crippen molar-refractivity contribution in [3.8, 4) is 0 Å². The molecule has 1 aliphatic heterocycles. The number of rotatable bonds is 3. The minimum absolute atomic E-state index is 0. The highest BCUT2D eigenvalue weighted by Gasteiger charge is 2.51. The van der Waals surface area contributed by atoms with Gasteiger partial charge in [-0.2, -0.15) is 0 Å². The van der Waals surface area contributed by atoms with Crippen molar-refractivity contribution >= 4 is 30.7 Å². The zero-order valence-corrected chi connectivity index (χ0v) is 15.7.